The van der Waals surface area contributed by atoms with E-state index in [4.69, 9.17) is 4.84 Å². The van der Waals surface area contributed by atoms with Crippen molar-refractivity contribution in [2.24, 2.45) is 0 Å². The minimum Gasteiger partial charge on any atom is -0.290 e. The Kier molecular flexibility index (Phi) is 6.94. The van der Waals surface area contributed by atoms with Crippen molar-refractivity contribution in [3.63, 3.8) is 0 Å². The van der Waals surface area contributed by atoms with Crippen molar-refractivity contribution in [3.8, 4) is 0 Å². The number of hydrogen-bond acceptors (Lipinski definition) is 2. The lowest BCUT2D eigenvalue weighted by Gasteiger charge is -2.34. The van der Waals surface area contributed by atoms with Crippen LogP contribution >= 0.6 is 0 Å². The van der Waals surface area contributed by atoms with Crippen LogP contribution in [0.2, 0.25) is 0 Å². The van der Waals surface area contributed by atoms with Gasteiger partial charge in [0.05, 0.1) is 11.6 Å². The summed E-state index contributed by atoms with van der Waals surface area (Å²) in [7, 11) is 0. The third-order valence-electron chi connectivity index (χ3n) is 6.32. The highest BCUT2D eigenvalue weighted by Crippen LogP contribution is 2.49. The molecule has 0 radical (unpaired) electrons. The summed E-state index contributed by atoms with van der Waals surface area (Å²) in [6, 6.07) is 11.4. The maximum absolute atomic E-state index is 6.64. The first kappa shape index (κ1) is 19.6. The molecular formula is C24H37NO. The molecule has 2 fully saturated rings. The molecule has 1 aromatic carbocycles. The summed E-state index contributed by atoms with van der Waals surface area (Å²) in [5.41, 5.74) is 2.98. The van der Waals surface area contributed by atoms with Crippen LogP contribution in [0.1, 0.15) is 90.5 Å². The molecular weight excluding hydrogens is 318 g/mol. The van der Waals surface area contributed by atoms with Crippen LogP contribution in [-0.4, -0.2) is 17.2 Å². The fourth-order valence-corrected chi connectivity index (χ4v) is 4.69. The lowest BCUT2D eigenvalue weighted by Crippen LogP contribution is -2.39. The molecule has 0 aromatic heterocycles. The number of hydrogen-bond donors (Lipinski definition) is 0. The van der Waals surface area contributed by atoms with Crippen molar-refractivity contribution in [2.45, 2.75) is 103 Å². The van der Waals surface area contributed by atoms with E-state index >= 15 is 0 Å². The van der Waals surface area contributed by atoms with Crippen LogP contribution in [0.4, 0.5) is 0 Å². The largest absolute Gasteiger partial charge is 0.290 e. The molecule has 2 heterocycles. The van der Waals surface area contributed by atoms with Gasteiger partial charge in [-0.05, 0) is 50.2 Å². The van der Waals surface area contributed by atoms with E-state index in [1.165, 1.54) is 69.8 Å². The minimum absolute atomic E-state index is 0.00788. The Morgan fingerprint density at radius 1 is 1.08 bits per heavy atom. The number of unbranched alkanes of at least 4 members (excludes halogenated alkanes) is 5. The summed E-state index contributed by atoms with van der Waals surface area (Å²) in [5, 5.41) is 2.37. The van der Waals surface area contributed by atoms with E-state index in [9.17, 15) is 0 Å². The predicted octanol–water partition coefficient (Wildman–Crippen LogP) is 6.77. The molecule has 26 heavy (non-hydrogen) atoms. The average Bonchev–Trinajstić information content (AvgIpc) is 3.18. The molecule has 0 aliphatic carbocycles. The fraction of sp³-hybridized carbons (Fsp3) is 0.667. The maximum Gasteiger partial charge on any atom is 0.102 e. The molecule has 3 rings (SSSR count). The summed E-state index contributed by atoms with van der Waals surface area (Å²) in [6.07, 6.45) is 15.4. The van der Waals surface area contributed by atoms with Crippen LogP contribution in [-0.2, 0) is 10.4 Å². The van der Waals surface area contributed by atoms with Crippen LogP contribution < -0.4 is 0 Å². The van der Waals surface area contributed by atoms with Crippen LogP contribution in [0.15, 0.2) is 42.0 Å². The molecule has 0 amide bonds. The van der Waals surface area contributed by atoms with Crippen LogP contribution in [0.25, 0.3) is 0 Å². The van der Waals surface area contributed by atoms with Crippen LogP contribution in [0.5, 0.6) is 0 Å². The number of nitrogens with zero attached hydrogens (tertiary/aromatic N) is 1. The van der Waals surface area contributed by atoms with E-state index < -0.39 is 0 Å². The van der Waals surface area contributed by atoms with Gasteiger partial charge >= 0.3 is 0 Å². The average molecular weight is 356 g/mol. The third kappa shape index (κ3) is 4.07. The molecule has 0 N–H and O–H groups in total. The first-order valence-electron chi connectivity index (χ1n) is 10.9. The highest BCUT2D eigenvalue weighted by atomic mass is 16.7. The van der Waals surface area contributed by atoms with Gasteiger partial charge in [0.15, 0.2) is 0 Å². The zero-order chi connectivity index (χ0) is 18.4. The zero-order valence-electron chi connectivity index (χ0n) is 17.0. The molecule has 2 saturated heterocycles. The van der Waals surface area contributed by atoms with Crippen LogP contribution in [0, 0.1) is 0 Å². The third-order valence-corrected chi connectivity index (χ3v) is 6.32. The number of benzene rings is 1. The molecule has 0 unspecified atom stereocenters. The van der Waals surface area contributed by atoms with Gasteiger partial charge in [-0.2, -0.15) is 5.06 Å². The molecule has 2 nitrogen and oxygen atoms in total. The van der Waals surface area contributed by atoms with Gasteiger partial charge in [0.2, 0.25) is 0 Å². The van der Waals surface area contributed by atoms with Crippen molar-refractivity contribution in [2.75, 3.05) is 0 Å². The van der Waals surface area contributed by atoms with Crippen molar-refractivity contribution in [1.29, 1.82) is 0 Å². The summed E-state index contributed by atoms with van der Waals surface area (Å²) < 4.78 is 0. The Hall–Kier alpha value is -1.12. The first-order chi connectivity index (χ1) is 12.7. The van der Waals surface area contributed by atoms with Gasteiger partial charge in [-0.25, -0.2) is 0 Å². The molecule has 3 atom stereocenters. The Morgan fingerprint density at radius 2 is 1.81 bits per heavy atom. The second kappa shape index (κ2) is 9.19. The lowest BCUT2D eigenvalue weighted by molar-refractivity contribution is -0.206. The van der Waals surface area contributed by atoms with E-state index in [0.717, 1.165) is 0 Å². The van der Waals surface area contributed by atoms with E-state index in [1.807, 2.05) is 0 Å². The number of rotatable bonds is 9. The van der Waals surface area contributed by atoms with Crippen molar-refractivity contribution in [3.05, 3.63) is 47.5 Å². The van der Waals surface area contributed by atoms with Gasteiger partial charge in [-0.15, -0.1) is 0 Å². The normalized spacial score (nSPS) is 30.2. The SMILES string of the molecule is CCCCC/C=C1\[C@H](CCCCC)ON2[C@H]1CC[C@@]2(C)c1ccccc1. The second-order valence-electron chi connectivity index (χ2n) is 8.31. The number of allylic oxidation sites excluding steroid dienone is 1. The Morgan fingerprint density at radius 3 is 2.54 bits per heavy atom. The Bertz CT molecular complexity index is 581. The highest BCUT2D eigenvalue weighted by Gasteiger charge is 2.52. The van der Waals surface area contributed by atoms with Gasteiger partial charge in [0.1, 0.15) is 6.10 Å². The summed E-state index contributed by atoms with van der Waals surface area (Å²) in [5.74, 6) is 0. The molecule has 0 bridgehead atoms. The zero-order valence-corrected chi connectivity index (χ0v) is 17.0. The second-order valence-corrected chi connectivity index (χ2v) is 8.31. The minimum atomic E-state index is 0.00788. The van der Waals surface area contributed by atoms with Gasteiger partial charge in [-0.1, -0.05) is 82.4 Å². The fourth-order valence-electron chi connectivity index (χ4n) is 4.69. The lowest BCUT2D eigenvalue weighted by atomic mass is 9.90. The summed E-state index contributed by atoms with van der Waals surface area (Å²) in [6.45, 7) is 6.93. The first-order valence-corrected chi connectivity index (χ1v) is 10.9. The standard InChI is InChI=1S/C24H37NO/c1-4-6-8-13-16-21-22-18-19-24(3,20-14-11-9-12-15-20)25(22)26-23(21)17-10-7-5-2/h9,11-12,14-16,22-23H,4-8,10,13,17-19H2,1-3H3/b21-16-/t22-,23-,24-/m0/s1. The molecule has 0 saturated carbocycles. The van der Waals surface area contributed by atoms with E-state index in [2.05, 4.69) is 62.2 Å². The molecule has 0 spiro atoms. The van der Waals surface area contributed by atoms with Crippen molar-refractivity contribution < 1.29 is 4.84 Å². The quantitative estimate of drug-likeness (QED) is 0.358. The smallest absolute Gasteiger partial charge is 0.102 e. The van der Waals surface area contributed by atoms with E-state index in [1.54, 1.807) is 5.57 Å². The Labute approximate surface area is 160 Å². The van der Waals surface area contributed by atoms with Gasteiger partial charge < -0.3 is 0 Å². The van der Waals surface area contributed by atoms with E-state index in [0.29, 0.717) is 12.1 Å². The highest BCUT2D eigenvalue weighted by molar-refractivity contribution is 5.30. The van der Waals surface area contributed by atoms with Gasteiger partial charge in [0.25, 0.3) is 0 Å². The predicted molar refractivity (Wildman–Crippen MR) is 110 cm³/mol. The maximum atomic E-state index is 6.64. The molecule has 144 valence electrons. The van der Waals surface area contributed by atoms with Crippen molar-refractivity contribution in [1.82, 2.24) is 5.06 Å². The monoisotopic (exact) mass is 355 g/mol. The van der Waals surface area contributed by atoms with Crippen LogP contribution in [0.3, 0.4) is 0 Å². The molecule has 1 aromatic rings. The van der Waals surface area contributed by atoms with Gasteiger partial charge in [0, 0.05) is 0 Å². The summed E-state index contributed by atoms with van der Waals surface area (Å²) >= 11 is 0. The number of hydroxylamine groups is 2. The van der Waals surface area contributed by atoms with Gasteiger partial charge in [-0.3, -0.25) is 4.84 Å². The molecule has 2 aliphatic rings. The molecule has 2 aliphatic heterocycles. The Balaban J connectivity index is 1.77. The summed E-state index contributed by atoms with van der Waals surface area (Å²) in [4.78, 5) is 6.64. The number of fused-ring (bicyclic) bond motifs is 1. The molecule has 2 heteroatoms. The topological polar surface area (TPSA) is 12.5 Å². The van der Waals surface area contributed by atoms with Crippen molar-refractivity contribution >= 4 is 0 Å². The van der Waals surface area contributed by atoms with E-state index in [-0.39, 0.29) is 5.54 Å².